The third-order valence-electron chi connectivity index (χ3n) is 10.3. The molecule has 1 fully saturated rings. The molecule has 0 saturated carbocycles. The van der Waals surface area contributed by atoms with Crippen LogP contribution in [0.4, 0.5) is 20.2 Å². The maximum absolute atomic E-state index is 16.5. The standard InChI is InChI=1S/C39H40ClF2N9O3/c1-4-34(26(2)52)50-37(54)49(25-45-50)33-15-13-32(14-16-33)48-20-18-47(19-21-48)31-11-8-27(9-12-31)28-10-17-35(43-23-28)39(41,42)38(3,51-44-24-36(53)46-51)29-6-5-7-30(40)22-29/h5-17,22-26,34,52H,4,18-21H2,1-3H3,(H,46,53)/t26-,34-,38?/m0/s1. The first-order chi connectivity index (χ1) is 25.9. The van der Waals surface area contributed by atoms with Gasteiger partial charge in [-0.25, -0.2) is 19.1 Å². The molecule has 3 aromatic heterocycles. The number of rotatable bonds is 11. The van der Waals surface area contributed by atoms with Gasteiger partial charge in [-0.1, -0.05) is 48.9 Å². The first-order valence-corrected chi connectivity index (χ1v) is 18.1. The van der Waals surface area contributed by atoms with Gasteiger partial charge in [-0.05, 0) is 86.0 Å². The van der Waals surface area contributed by atoms with Gasteiger partial charge in [0.2, 0.25) is 0 Å². The van der Waals surface area contributed by atoms with Gasteiger partial charge >= 0.3 is 11.6 Å². The zero-order valence-electron chi connectivity index (χ0n) is 30.0. The number of benzene rings is 3. The zero-order valence-corrected chi connectivity index (χ0v) is 30.7. The molecular weight excluding hydrogens is 716 g/mol. The molecule has 1 saturated heterocycles. The Bertz CT molecular complexity index is 2330. The van der Waals surface area contributed by atoms with Crippen molar-refractivity contribution in [3.63, 3.8) is 0 Å². The highest BCUT2D eigenvalue weighted by Gasteiger charge is 2.56. The monoisotopic (exact) mass is 755 g/mol. The van der Waals surface area contributed by atoms with Gasteiger partial charge in [-0.2, -0.15) is 23.8 Å². The van der Waals surface area contributed by atoms with Crippen LogP contribution in [0.3, 0.4) is 0 Å². The molecule has 6 aromatic rings. The molecule has 15 heteroatoms. The van der Waals surface area contributed by atoms with E-state index in [9.17, 15) is 14.7 Å². The van der Waals surface area contributed by atoms with Gasteiger partial charge in [-0.15, -0.1) is 0 Å². The second-order valence-electron chi connectivity index (χ2n) is 13.6. The number of hydrogen-bond acceptors (Lipinski definition) is 8. The molecule has 280 valence electrons. The van der Waals surface area contributed by atoms with Crippen LogP contribution in [0.2, 0.25) is 5.02 Å². The lowest BCUT2D eigenvalue weighted by Crippen LogP contribution is -2.49. The molecule has 0 amide bonds. The second-order valence-corrected chi connectivity index (χ2v) is 14.0. The summed E-state index contributed by atoms with van der Waals surface area (Å²) in [7, 11) is 0. The molecule has 54 heavy (non-hydrogen) atoms. The Balaban J connectivity index is 1.01. The van der Waals surface area contributed by atoms with E-state index in [-0.39, 0.29) is 22.3 Å². The van der Waals surface area contributed by atoms with Gasteiger partial charge in [-0.3, -0.25) is 9.78 Å². The van der Waals surface area contributed by atoms with Crippen LogP contribution < -0.4 is 21.0 Å². The fourth-order valence-electron chi connectivity index (χ4n) is 7.08. The first kappa shape index (κ1) is 36.7. The molecule has 12 nitrogen and oxygen atoms in total. The molecule has 0 radical (unpaired) electrons. The Kier molecular flexibility index (Phi) is 9.98. The summed E-state index contributed by atoms with van der Waals surface area (Å²) in [5.74, 6) is -3.61. The van der Waals surface area contributed by atoms with E-state index in [1.165, 1.54) is 46.9 Å². The van der Waals surface area contributed by atoms with E-state index in [4.69, 9.17) is 11.6 Å². The average Bonchev–Trinajstić information content (AvgIpc) is 3.80. The van der Waals surface area contributed by atoms with Crippen LogP contribution in [0.1, 0.15) is 44.5 Å². The highest BCUT2D eigenvalue weighted by atomic mass is 35.5. The molecule has 7 rings (SSSR count). The second kappa shape index (κ2) is 14.7. The highest BCUT2D eigenvalue weighted by Crippen LogP contribution is 2.47. The van der Waals surface area contributed by atoms with Crippen LogP contribution in [-0.4, -0.2) is 71.7 Å². The normalized spacial score (nSPS) is 15.9. The third kappa shape index (κ3) is 6.71. The van der Waals surface area contributed by atoms with Crippen LogP contribution in [0.5, 0.6) is 0 Å². The summed E-state index contributed by atoms with van der Waals surface area (Å²) in [6.07, 6.45) is 3.76. The van der Waals surface area contributed by atoms with Crippen molar-refractivity contribution in [2.45, 2.75) is 50.8 Å². The van der Waals surface area contributed by atoms with E-state index in [2.05, 4.69) is 30.1 Å². The quantitative estimate of drug-likeness (QED) is 0.169. The number of alkyl halides is 2. The number of anilines is 2. The van der Waals surface area contributed by atoms with E-state index < -0.39 is 28.8 Å². The summed E-state index contributed by atoms with van der Waals surface area (Å²) in [5.41, 5.74) is 0.927. The SMILES string of the molecule is CC[C@@H]([C@H](C)O)n1ncn(-c2ccc(N3CCN(c4ccc(-c5ccc(C(F)(F)C(C)(c6cccc(Cl)c6)n6ncc(=O)[nH]6)nc5)cc4)CC3)cc2)c1=O. The summed E-state index contributed by atoms with van der Waals surface area (Å²) in [6.45, 7) is 8.04. The fourth-order valence-corrected chi connectivity index (χ4v) is 7.27. The predicted molar refractivity (Wildman–Crippen MR) is 204 cm³/mol. The Morgan fingerprint density at radius 2 is 1.46 bits per heavy atom. The number of aromatic amines is 1. The molecule has 0 bridgehead atoms. The van der Waals surface area contributed by atoms with Crippen molar-refractivity contribution in [3.8, 4) is 16.8 Å². The number of halogens is 3. The minimum absolute atomic E-state index is 0.150. The van der Waals surface area contributed by atoms with Gasteiger partial charge in [0.15, 0.2) is 5.54 Å². The maximum atomic E-state index is 16.5. The zero-order chi connectivity index (χ0) is 38.2. The fraction of sp³-hybridized carbons (Fsp3) is 0.308. The summed E-state index contributed by atoms with van der Waals surface area (Å²) >= 11 is 6.18. The average molecular weight is 756 g/mol. The van der Waals surface area contributed by atoms with Gasteiger partial charge in [0.25, 0.3) is 5.56 Å². The van der Waals surface area contributed by atoms with Crippen molar-refractivity contribution in [3.05, 3.63) is 141 Å². The Hall–Kier alpha value is -5.60. The van der Waals surface area contributed by atoms with E-state index in [1.54, 1.807) is 25.1 Å². The maximum Gasteiger partial charge on any atom is 0.350 e. The number of aliphatic hydroxyl groups excluding tert-OH is 1. The lowest BCUT2D eigenvalue weighted by Gasteiger charge is -2.37. The summed E-state index contributed by atoms with van der Waals surface area (Å²) in [4.78, 5) is 34.6. The molecule has 4 heterocycles. The van der Waals surface area contributed by atoms with Gasteiger partial charge < -0.3 is 14.9 Å². The summed E-state index contributed by atoms with van der Waals surface area (Å²) in [5, 5.41) is 20.9. The summed E-state index contributed by atoms with van der Waals surface area (Å²) in [6, 6.07) is 24.4. The Labute approximate surface area is 314 Å². The van der Waals surface area contributed by atoms with Crippen molar-refractivity contribution < 1.29 is 13.9 Å². The molecule has 0 spiro atoms. The number of piperazine rings is 1. The number of hydrogen-bond donors (Lipinski definition) is 2. The van der Waals surface area contributed by atoms with Gasteiger partial charge in [0.1, 0.15) is 18.2 Å². The van der Waals surface area contributed by atoms with Crippen molar-refractivity contribution >= 4 is 23.0 Å². The number of H-pyrrole nitrogens is 1. The van der Waals surface area contributed by atoms with Crippen LogP contribution in [-0.2, 0) is 11.5 Å². The van der Waals surface area contributed by atoms with E-state index in [0.29, 0.717) is 17.7 Å². The number of pyridine rings is 1. The number of nitrogens with one attached hydrogen (secondary N) is 1. The molecule has 3 atom stereocenters. The Morgan fingerprint density at radius 3 is 2.00 bits per heavy atom. The van der Waals surface area contributed by atoms with Gasteiger partial charge in [0, 0.05) is 54.3 Å². The lowest BCUT2D eigenvalue weighted by molar-refractivity contribution is -0.107. The molecule has 2 N–H and O–H groups in total. The molecule has 1 unspecified atom stereocenters. The molecule has 3 aromatic carbocycles. The molecule has 1 aliphatic heterocycles. The van der Waals surface area contributed by atoms with Gasteiger partial charge in [0.05, 0.1) is 17.8 Å². The minimum Gasteiger partial charge on any atom is -0.391 e. The molecule has 0 aliphatic carbocycles. The van der Waals surface area contributed by atoms with E-state index in [0.717, 1.165) is 54.1 Å². The van der Waals surface area contributed by atoms with E-state index >= 15 is 8.78 Å². The van der Waals surface area contributed by atoms with E-state index in [1.807, 2.05) is 55.5 Å². The number of aromatic nitrogens is 7. The highest BCUT2D eigenvalue weighted by molar-refractivity contribution is 6.30. The van der Waals surface area contributed by atoms with Crippen molar-refractivity contribution in [2.75, 3.05) is 36.0 Å². The number of aliphatic hydroxyl groups is 1. The predicted octanol–water partition coefficient (Wildman–Crippen LogP) is 5.85. The largest absolute Gasteiger partial charge is 0.391 e. The minimum atomic E-state index is -3.61. The van der Waals surface area contributed by atoms with Crippen molar-refractivity contribution in [2.24, 2.45) is 0 Å². The van der Waals surface area contributed by atoms with Crippen LogP contribution in [0, 0.1) is 0 Å². The Morgan fingerprint density at radius 1 is 0.852 bits per heavy atom. The van der Waals surface area contributed by atoms with Crippen molar-refractivity contribution in [1.29, 1.82) is 0 Å². The molecule has 1 aliphatic rings. The van der Waals surface area contributed by atoms with Crippen LogP contribution in [0.25, 0.3) is 16.8 Å². The topological polar surface area (TPSA) is 130 Å². The van der Waals surface area contributed by atoms with Crippen LogP contribution >= 0.6 is 11.6 Å². The lowest BCUT2D eigenvalue weighted by atomic mass is 9.84. The smallest absolute Gasteiger partial charge is 0.350 e. The number of nitrogens with zero attached hydrogens (tertiary/aromatic N) is 8. The van der Waals surface area contributed by atoms with Crippen molar-refractivity contribution in [1.82, 2.24) is 34.3 Å². The third-order valence-corrected chi connectivity index (χ3v) is 10.6. The first-order valence-electron chi connectivity index (χ1n) is 17.7. The summed E-state index contributed by atoms with van der Waals surface area (Å²) < 4.78 is 35.8. The van der Waals surface area contributed by atoms with Crippen LogP contribution in [0.15, 0.2) is 113 Å². The molecular formula is C39H40ClF2N9O3.